The number of ether oxygens (including phenoxy) is 1. The molecule has 0 bridgehead atoms. The van der Waals surface area contributed by atoms with Gasteiger partial charge in [-0.15, -0.1) is 0 Å². The van der Waals surface area contributed by atoms with Gasteiger partial charge in [0.1, 0.15) is 0 Å². The molecule has 84 valence electrons. The van der Waals surface area contributed by atoms with Crippen LogP contribution in [0.25, 0.3) is 0 Å². The molecular formula is C11H24N2O. The molecule has 1 aliphatic heterocycles. The first-order valence-electron chi connectivity index (χ1n) is 5.65. The predicted octanol–water partition coefficient (Wildman–Crippen LogP) is 1.22. The van der Waals surface area contributed by atoms with Crippen molar-refractivity contribution < 1.29 is 4.74 Å². The van der Waals surface area contributed by atoms with Crippen molar-refractivity contribution in [2.75, 3.05) is 26.8 Å². The van der Waals surface area contributed by atoms with Gasteiger partial charge in [0.15, 0.2) is 0 Å². The zero-order valence-corrected chi connectivity index (χ0v) is 9.75. The van der Waals surface area contributed by atoms with Crippen LogP contribution in [-0.4, -0.2) is 43.3 Å². The van der Waals surface area contributed by atoms with E-state index in [9.17, 15) is 0 Å². The summed E-state index contributed by atoms with van der Waals surface area (Å²) >= 11 is 0. The van der Waals surface area contributed by atoms with E-state index in [1.54, 1.807) is 0 Å². The van der Waals surface area contributed by atoms with Crippen LogP contribution < -0.4 is 5.73 Å². The zero-order chi connectivity index (χ0) is 10.6. The van der Waals surface area contributed by atoms with Crippen LogP contribution in [0.3, 0.4) is 0 Å². The summed E-state index contributed by atoms with van der Waals surface area (Å²) in [6, 6.07) is 0.650. The van der Waals surface area contributed by atoms with Crippen molar-refractivity contribution in [2.45, 2.75) is 44.7 Å². The van der Waals surface area contributed by atoms with Crippen molar-refractivity contribution >= 4 is 0 Å². The van der Waals surface area contributed by atoms with Crippen LogP contribution in [0.15, 0.2) is 0 Å². The van der Waals surface area contributed by atoms with Crippen molar-refractivity contribution in [1.29, 1.82) is 0 Å². The number of hydrogen-bond donors (Lipinski definition) is 1. The minimum absolute atomic E-state index is 0.155. The summed E-state index contributed by atoms with van der Waals surface area (Å²) in [6.45, 7) is 7.00. The fourth-order valence-electron chi connectivity index (χ4n) is 2.05. The first-order valence-corrected chi connectivity index (χ1v) is 5.65. The van der Waals surface area contributed by atoms with Gasteiger partial charge in [-0.25, -0.2) is 0 Å². The number of nitrogens with zero attached hydrogens (tertiary/aromatic N) is 1. The molecule has 1 rings (SSSR count). The highest BCUT2D eigenvalue weighted by Crippen LogP contribution is 2.23. The molecular weight excluding hydrogens is 176 g/mol. The lowest BCUT2D eigenvalue weighted by Gasteiger charge is -2.43. The Bertz CT molecular complexity index is 163. The van der Waals surface area contributed by atoms with E-state index in [0.29, 0.717) is 6.04 Å². The summed E-state index contributed by atoms with van der Waals surface area (Å²) in [6.07, 6.45) is 3.40. The SMILES string of the molecule is CCC(C)(CN)N(C)C1CCOCC1. The Labute approximate surface area is 87.6 Å². The molecule has 1 atom stereocenters. The van der Waals surface area contributed by atoms with E-state index < -0.39 is 0 Å². The van der Waals surface area contributed by atoms with E-state index in [1.165, 1.54) is 0 Å². The molecule has 0 amide bonds. The summed E-state index contributed by atoms with van der Waals surface area (Å²) in [5.74, 6) is 0. The third-order valence-electron chi connectivity index (χ3n) is 3.79. The number of likely N-dealkylation sites (N-methyl/N-ethyl adjacent to an activating group) is 1. The van der Waals surface area contributed by atoms with Crippen LogP contribution in [0, 0.1) is 0 Å². The lowest BCUT2D eigenvalue weighted by Crippen LogP contribution is -2.54. The highest BCUT2D eigenvalue weighted by Gasteiger charge is 2.31. The van der Waals surface area contributed by atoms with E-state index in [1.807, 2.05) is 0 Å². The predicted molar refractivity (Wildman–Crippen MR) is 59.4 cm³/mol. The Kier molecular flexibility index (Phi) is 4.35. The number of nitrogens with two attached hydrogens (primary N) is 1. The fraction of sp³-hybridized carbons (Fsp3) is 1.00. The second kappa shape index (κ2) is 5.10. The molecule has 0 aliphatic carbocycles. The molecule has 3 nitrogen and oxygen atoms in total. The highest BCUT2D eigenvalue weighted by atomic mass is 16.5. The van der Waals surface area contributed by atoms with Gasteiger partial charge in [-0.05, 0) is 33.2 Å². The van der Waals surface area contributed by atoms with E-state index >= 15 is 0 Å². The largest absolute Gasteiger partial charge is 0.381 e. The molecule has 0 aromatic heterocycles. The highest BCUT2D eigenvalue weighted by molar-refractivity contribution is 4.88. The summed E-state index contributed by atoms with van der Waals surface area (Å²) < 4.78 is 5.37. The van der Waals surface area contributed by atoms with Crippen molar-refractivity contribution in [2.24, 2.45) is 5.73 Å². The fourth-order valence-corrected chi connectivity index (χ4v) is 2.05. The molecule has 0 spiro atoms. The normalized spacial score (nSPS) is 23.8. The van der Waals surface area contributed by atoms with Crippen molar-refractivity contribution in [3.05, 3.63) is 0 Å². The van der Waals surface area contributed by atoms with Gasteiger partial charge in [0.2, 0.25) is 0 Å². The average Bonchev–Trinajstić information content (AvgIpc) is 2.28. The summed E-state index contributed by atoms with van der Waals surface area (Å²) in [4.78, 5) is 2.45. The van der Waals surface area contributed by atoms with Crippen LogP contribution in [-0.2, 0) is 4.74 Å². The summed E-state index contributed by atoms with van der Waals surface area (Å²) in [7, 11) is 2.20. The van der Waals surface area contributed by atoms with E-state index in [-0.39, 0.29) is 5.54 Å². The Balaban J connectivity index is 2.56. The Morgan fingerprint density at radius 1 is 1.43 bits per heavy atom. The molecule has 0 aromatic rings. The molecule has 1 heterocycles. The van der Waals surface area contributed by atoms with Gasteiger partial charge in [0, 0.05) is 31.3 Å². The molecule has 14 heavy (non-hydrogen) atoms. The van der Waals surface area contributed by atoms with E-state index in [2.05, 4.69) is 25.8 Å². The zero-order valence-electron chi connectivity index (χ0n) is 9.75. The van der Waals surface area contributed by atoms with Crippen LogP contribution in [0.2, 0.25) is 0 Å². The Hall–Kier alpha value is -0.120. The molecule has 0 radical (unpaired) electrons. The van der Waals surface area contributed by atoms with Gasteiger partial charge in [-0.3, -0.25) is 4.90 Å². The lowest BCUT2D eigenvalue weighted by atomic mass is 9.93. The van der Waals surface area contributed by atoms with Crippen LogP contribution in [0.4, 0.5) is 0 Å². The Morgan fingerprint density at radius 2 is 2.00 bits per heavy atom. The van der Waals surface area contributed by atoms with Gasteiger partial charge >= 0.3 is 0 Å². The number of rotatable bonds is 4. The summed E-state index contributed by atoms with van der Waals surface area (Å²) in [5, 5.41) is 0. The standard InChI is InChI=1S/C11H24N2O/c1-4-11(2,9-12)13(3)10-5-7-14-8-6-10/h10H,4-9,12H2,1-3H3. The third-order valence-corrected chi connectivity index (χ3v) is 3.79. The number of hydrogen-bond acceptors (Lipinski definition) is 3. The van der Waals surface area contributed by atoms with Gasteiger partial charge in [0.25, 0.3) is 0 Å². The maximum absolute atomic E-state index is 5.85. The van der Waals surface area contributed by atoms with Gasteiger partial charge < -0.3 is 10.5 Å². The molecule has 1 unspecified atom stereocenters. The Morgan fingerprint density at radius 3 is 2.43 bits per heavy atom. The lowest BCUT2D eigenvalue weighted by molar-refractivity contribution is 0.00274. The quantitative estimate of drug-likeness (QED) is 0.741. The monoisotopic (exact) mass is 200 g/mol. The second-order valence-corrected chi connectivity index (χ2v) is 4.51. The third kappa shape index (κ3) is 2.47. The molecule has 1 fully saturated rings. The molecule has 3 heteroatoms. The van der Waals surface area contributed by atoms with Gasteiger partial charge in [-0.2, -0.15) is 0 Å². The van der Waals surface area contributed by atoms with Crippen LogP contribution >= 0.6 is 0 Å². The average molecular weight is 200 g/mol. The molecule has 1 aliphatic rings. The topological polar surface area (TPSA) is 38.5 Å². The first kappa shape index (κ1) is 12.0. The van der Waals surface area contributed by atoms with Crippen molar-refractivity contribution in [3.63, 3.8) is 0 Å². The molecule has 2 N–H and O–H groups in total. The first-order chi connectivity index (χ1) is 6.64. The molecule has 1 saturated heterocycles. The smallest absolute Gasteiger partial charge is 0.0480 e. The minimum atomic E-state index is 0.155. The summed E-state index contributed by atoms with van der Waals surface area (Å²) in [5.41, 5.74) is 6.01. The molecule has 0 aromatic carbocycles. The van der Waals surface area contributed by atoms with Crippen molar-refractivity contribution in [3.8, 4) is 0 Å². The van der Waals surface area contributed by atoms with Crippen LogP contribution in [0.1, 0.15) is 33.1 Å². The van der Waals surface area contributed by atoms with E-state index in [4.69, 9.17) is 10.5 Å². The van der Waals surface area contributed by atoms with Gasteiger partial charge in [0.05, 0.1) is 0 Å². The van der Waals surface area contributed by atoms with Gasteiger partial charge in [-0.1, -0.05) is 6.92 Å². The van der Waals surface area contributed by atoms with Crippen molar-refractivity contribution in [1.82, 2.24) is 4.90 Å². The molecule has 0 saturated carbocycles. The minimum Gasteiger partial charge on any atom is -0.381 e. The maximum Gasteiger partial charge on any atom is 0.0480 e. The second-order valence-electron chi connectivity index (χ2n) is 4.51. The van der Waals surface area contributed by atoms with E-state index in [0.717, 1.165) is 39.0 Å². The van der Waals surface area contributed by atoms with Crippen LogP contribution in [0.5, 0.6) is 0 Å². The maximum atomic E-state index is 5.85.